The molecular weight excluding hydrogens is 452 g/mol. The Hall–Kier alpha value is -3.30. The highest BCUT2D eigenvalue weighted by Crippen LogP contribution is 2.26. The lowest BCUT2D eigenvalue weighted by atomic mass is 10.0. The van der Waals surface area contributed by atoms with Gasteiger partial charge >= 0.3 is 6.09 Å². The first-order chi connectivity index (χ1) is 16.3. The van der Waals surface area contributed by atoms with Crippen LogP contribution in [0.2, 0.25) is 0 Å². The van der Waals surface area contributed by atoms with Gasteiger partial charge in [0.15, 0.2) is 0 Å². The second kappa shape index (κ2) is 13.6. The molecule has 1 aromatic rings. The van der Waals surface area contributed by atoms with Crippen molar-refractivity contribution in [1.29, 1.82) is 0 Å². The molecule has 196 valence electrons. The quantitative estimate of drug-likeness (QED) is 0.352. The summed E-state index contributed by atoms with van der Waals surface area (Å²) in [5, 5.41) is 15.5. The number of nitrogens with zero attached hydrogens (tertiary/aromatic N) is 1. The van der Waals surface area contributed by atoms with Gasteiger partial charge in [0.1, 0.15) is 23.4 Å². The van der Waals surface area contributed by atoms with Crippen LogP contribution >= 0.6 is 0 Å². The van der Waals surface area contributed by atoms with Gasteiger partial charge in [-0.05, 0) is 65.2 Å². The van der Waals surface area contributed by atoms with E-state index < -0.39 is 41.5 Å². The van der Waals surface area contributed by atoms with Crippen LogP contribution < -0.4 is 16.4 Å². The maximum absolute atomic E-state index is 13.7. The average molecular weight is 493 g/mol. The second-order valence-corrected chi connectivity index (χ2v) is 9.52. The topological polar surface area (TPSA) is 151 Å². The Balaban J connectivity index is 3.36. The summed E-state index contributed by atoms with van der Waals surface area (Å²) in [7, 11) is 0. The summed E-state index contributed by atoms with van der Waals surface area (Å²) in [6.07, 6.45) is 0.570. The number of hydrogen-bond acceptors (Lipinski definition) is 6. The number of likely N-dealkylation sites (N-methyl/N-ethyl adjacent to an activating group) is 1. The summed E-state index contributed by atoms with van der Waals surface area (Å²) >= 11 is 0. The van der Waals surface area contributed by atoms with Crippen LogP contribution in [0.1, 0.15) is 78.8 Å². The van der Waals surface area contributed by atoms with Crippen molar-refractivity contribution in [2.75, 3.05) is 6.54 Å². The molecule has 0 saturated heterocycles. The number of carbonyl (C=O) groups excluding carboxylic acids is 4. The third-order valence-electron chi connectivity index (χ3n) is 5.15. The number of carbonyl (C=O) groups is 4. The van der Waals surface area contributed by atoms with E-state index in [2.05, 4.69) is 10.6 Å². The molecule has 1 aromatic carbocycles. The Kier molecular flexibility index (Phi) is 11.5. The molecule has 3 atom stereocenters. The molecule has 3 unspecified atom stereocenters. The molecule has 0 heterocycles. The number of amides is 4. The maximum atomic E-state index is 13.7. The number of primary amides is 1. The molecule has 0 aliphatic heterocycles. The normalized spacial score (nSPS) is 13.8. The maximum Gasteiger partial charge on any atom is 0.408 e. The molecule has 35 heavy (non-hydrogen) atoms. The standard InChI is InChI=1S/C25H40N4O6/c1-7-10-16(3)27-22(32)21(17-11-9-12-18(30)15-17)29(8-2)23(33)19(13-14-20(26)31)28-24(34)35-25(4,5)6/h9,11-12,15-16,19,21,30H,7-8,10,13-14H2,1-6H3,(H2,26,31)(H,27,32)(H,28,34). The van der Waals surface area contributed by atoms with Crippen molar-refractivity contribution in [3.63, 3.8) is 0 Å². The predicted molar refractivity (Wildman–Crippen MR) is 132 cm³/mol. The van der Waals surface area contributed by atoms with E-state index >= 15 is 0 Å². The van der Waals surface area contributed by atoms with Crippen LogP contribution in [0.25, 0.3) is 0 Å². The molecule has 0 saturated carbocycles. The lowest BCUT2D eigenvalue weighted by Gasteiger charge is -2.34. The summed E-state index contributed by atoms with van der Waals surface area (Å²) in [5.74, 6) is -1.68. The van der Waals surface area contributed by atoms with Crippen molar-refractivity contribution in [3.05, 3.63) is 29.8 Å². The van der Waals surface area contributed by atoms with Crippen LogP contribution in [-0.4, -0.2) is 58.1 Å². The Bertz CT molecular complexity index is 883. The van der Waals surface area contributed by atoms with Crippen LogP contribution in [0.3, 0.4) is 0 Å². The van der Waals surface area contributed by atoms with Gasteiger partial charge in [0.05, 0.1) is 0 Å². The first kappa shape index (κ1) is 29.7. The molecule has 0 bridgehead atoms. The first-order valence-corrected chi connectivity index (χ1v) is 12.0. The fourth-order valence-electron chi connectivity index (χ4n) is 3.65. The van der Waals surface area contributed by atoms with Crippen molar-refractivity contribution in [2.24, 2.45) is 5.73 Å². The van der Waals surface area contributed by atoms with E-state index in [4.69, 9.17) is 10.5 Å². The van der Waals surface area contributed by atoms with E-state index in [-0.39, 0.29) is 31.2 Å². The van der Waals surface area contributed by atoms with Crippen molar-refractivity contribution in [1.82, 2.24) is 15.5 Å². The number of benzene rings is 1. The third kappa shape index (κ3) is 10.2. The van der Waals surface area contributed by atoms with Crippen LogP contribution in [0, 0.1) is 0 Å². The third-order valence-corrected chi connectivity index (χ3v) is 5.15. The average Bonchev–Trinajstić information content (AvgIpc) is 2.72. The number of ether oxygens (including phenoxy) is 1. The van der Waals surface area contributed by atoms with Crippen LogP contribution in [0.4, 0.5) is 4.79 Å². The monoisotopic (exact) mass is 492 g/mol. The molecule has 0 aromatic heterocycles. The highest BCUT2D eigenvalue weighted by molar-refractivity contribution is 5.92. The lowest BCUT2D eigenvalue weighted by molar-refractivity contribution is -0.142. The molecule has 1 rings (SSSR count). The summed E-state index contributed by atoms with van der Waals surface area (Å²) in [6, 6.07) is 3.76. The molecule has 0 spiro atoms. The van der Waals surface area contributed by atoms with Gasteiger partial charge in [-0.2, -0.15) is 0 Å². The highest BCUT2D eigenvalue weighted by atomic mass is 16.6. The minimum Gasteiger partial charge on any atom is -0.508 e. The van der Waals surface area contributed by atoms with Gasteiger partial charge in [0.2, 0.25) is 17.7 Å². The van der Waals surface area contributed by atoms with Gasteiger partial charge in [-0.3, -0.25) is 14.4 Å². The summed E-state index contributed by atoms with van der Waals surface area (Å²) in [4.78, 5) is 52.2. The van der Waals surface area contributed by atoms with Gasteiger partial charge < -0.3 is 31.1 Å². The van der Waals surface area contributed by atoms with Crippen LogP contribution in [0.15, 0.2) is 24.3 Å². The van der Waals surface area contributed by atoms with Gasteiger partial charge in [-0.25, -0.2) is 4.79 Å². The number of alkyl carbamates (subject to hydrolysis) is 1. The van der Waals surface area contributed by atoms with E-state index in [9.17, 15) is 24.3 Å². The number of hydrogen-bond donors (Lipinski definition) is 4. The number of phenols is 1. The molecule has 10 nitrogen and oxygen atoms in total. The Morgan fingerprint density at radius 3 is 2.29 bits per heavy atom. The van der Waals surface area contributed by atoms with Crippen molar-refractivity contribution in [2.45, 2.75) is 91.0 Å². The predicted octanol–water partition coefficient (Wildman–Crippen LogP) is 2.75. The van der Waals surface area contributed by atoms with E-state index in [1.807, 2.05) is 13.8 Å². The fraction of sp³-hybridized carbons (Fsp3) is 0.600. The van der Waals surface area contributed by atoms with Gasteiger partial charge in [0, 0.05) is 19.0 Å². The molecular formula is C25H40N4O6. The Labute approximate surface area is 207 Å². The largest absolute Gasteiger partial charge is 0.508 e. The van der Waals surface area contributed by atoms with Crippen molar-refractivity contribution in [3.8, 4) is 5.75 Å². The molecule has 0 radical (unpaired) electrons. The van der Waals surface area contributed by atoms with Crippen LogP contribution in [0.5, 0.6) is 5.75 Å². The van der Waals surface area contributed by atoms with E-state index in [1.165, 1.54) is 17.0 Å². The zero-order valence-corrected chi connectivity index (χ0v) is 21.6. The van der Waals surface area contributed by atoms with Crippen molar-refractivity contribution < 1.29 is 29.0 Å². The fourth-order valence-corrected chi connectivity index (χ4v) is 3.65. The number of aromatic hydroxyl groups is 1. The number of nitrogens with two attached hydrogens (primary N) is 1. The van der Waals surface area contributed by atoms with Gasteiger partial charge in [0.25, 0.3) is 0 Å². The number of nitrogens with one attached hydrogen (secondary N) is 2. The SMILES string of the molecule is CCCC(C)NC(=O)C(c1cccc(O)c1)N(CC)C(=O)C(CCC(N)=O)NC(=O)OC(C)(C)C. The van der Waals surface area contributed by atoms with Crippen molar-refractivity contribution >= 4 is 23.8 Å². The summed E-state index contributed by atoms with van der Waals surface area (Å²) < 4.78 is 5.28. The second-order valence-electron chi connectivity index (χ2n) is 9.52. The molecule has 0 fully saturated rings. The molecule has 4 amide bonds. The lowest BCUT2D eigenvalue weighted by Crippen LogP contribution is -2.53. The Morgan fingerprint density at radius 1 is 1.11 bits per heavy atom. The van der Waals surface area contributed by atoms with Gasteiger partial charge in [-0.15, -0.1) is 0 Å². The van der Waals surface area contributed by atoms with E-state index in [1.54, 1.807) is 39.8 Å². The molecule has 5 N–H and O–H groups in total. The smallest absolute Gasteiger partial charge is 0.408 e. The molecule has 10 heteroatoms. The first-order valence-electron chi connectivity index (χ1n) is 12.0. The van der Waals surface area contributed by atoms with E-state index in [0.29, 0.717) is 5.56 Å². The zero-order valence-electron chi connectivity index (χ0n) is 21.6. The molecule has 0 aliphatic carbocycles. The van der Waals surface area contributed by atoms with Crippen LogP contribution in [-0.2, 0) is 19.1 Å². The minimum atomic E-state index is -1.15. The molecule has 0 aliphatic rings. The Morgan fingerprint density at radius 2 is 1.77 bits per heavy atom. The highest BCUT2D eigenvalue weighted by Gasteiger charge is 2.36. The number of phenolic OH excluding ortho intramolecular Hbond substituents is 1. The number of rotatable bonds is 12. The summed E-state index contributed by atoms with van der Waals surface area (Å²) in [5.41, 5.74) is 4.89. The van der Waals surface area contributed by atoms with E-state index in [0.717, 1.165) is 12.8 Å². The zero-order chi connectivity index (χ0) is 26.8. The summed E-state index contributed by atoms with van der Waals surface area (Å²) in [6.45, 7) is 10.8. The minimum absolute atomic E-state index is 0.0532. The van der Waals surface area contributed by atoms with Gasteiger partial charge in [-0.1, -0.05) is 25.5 Å².